The van der Waals surface area contributed by atoms with Crippen LogP contribution >= 0.6 is 0 Å². The molecular weight excluding hydrogens is 382 g/mol. The molecule has 0 bridgehead atoms. The highest BCUT2D eigenvalue weighted by atomic mass is 16.3. The molecule has 4 N–H and O–H groups in total. The Morgan fingerprint density at radius 1 is 1.10 bits per heavy atom. The molecule has 1 aromatic heterocycles. The van der Waals surface area contributed by atoms with Gasteiger partial charge in [0.2, 0.25) is 5.43 Å². The molecule has 0 saturated heterocycles. The van der Waals surface area contributed by atoms with Crippen LogP contribution in [-0.4, -0.2) is 31.1 Å². The Morgan fingerprint density at radius 3 is 2.37 bits per heavy atom. The second-order valence-electron chi connectivity index (χ2n) is 7.99. The summed E-state index contributed by atoms with van der Waals surface area (Å²) in [6, 6.07) is 4.64. The number of hydrogen-bond acceptors (Lipinski definition) is 5. The Balaban J connectivity index is 2.55. The molecule has 158 valence electrons. The molecule has 1 heterocycles. The number of nitrogens with zero attached hydrogens (tertiary/aromatic N) is 1. The summed E-state index contributed by atoms with van der Waals surface area (Å²) in [6.45, 7) is 9.22. The van der Waals surface area contributed by atoms with Gasteiger partial charge in [-0.1, -0.05) is 29.9 Å². The quantitative estimate of drug-likeness (QED) is 0.379. The summed E-state index contributed by atoms with van der Waals surface area (Å²) in [5.41, 5.74) is 2.27. The van der Waals surface area contributed by atoms with E-state index in [0.29, 0.717) is 28.6 Å². The molecule has 3 rings (SSSR count). The molecule has 6 heteroatoms. The van der Waals surface area contributed by atoms with Gasteiger partial charge in [0.1, 0.15) is 17.2 Å². The van der Waals surface area contributed by atoms with Gasteiger partial charge in [0, 0.05) is 24.6 Å². The summed E-state index contributed by atoms with van der Waals surface area (Å²) in [4.78, 5) is 13.3. The van der Waals surface area contributed by atoms with Gasteiger partial charge in [0.25, 0.3) is 0 Å². The Hall–Kier alpha value is -3.25. The lowest BCUT2D eigenvalue weighted by atomic mass is 9.93. The van der Waals surface area contributed by atoms with E-state index in [4.69, 9.17) is 0 Å². The van der Waals surface area contributed by atoms with Crippen LogP contribution in [-0.2, 0) is 19.9 Å². The van der Waals surface area contributed by atoms with Gasteiger partial charge in [-0.2, -0.15) is 0 Å². The van der Waals surface area contributed by atoms with Gasteiger partial charge in [-0.25, -0.2) is 0 Å². The van der Waals surface area contributed by atoms with Crippen molar-refractivity contribution in [1.29, 1.82) is 0 Å². The minimum Gasteiger partial charge on any atom is -0.507 e. The van der Waals surface area contributed by atoms with Crippen molar-refractivity contribution in [1.82, 2.24) is 4.57 Å². The van der Waals surface area contributed by atoms with Crippen LogP contribution in [0.2, 0.25) is 0 Å². The van der Waals surface area contributed by atoms with Crippen molar-refractivity contribution in [3.63, 3.8) is 0 Å². The van der Waals surface area contributed by atoms with Gasteiger partial charge in [-0.05, 0) is 39.3 Å². The molecule has 2 aromatic carbocycles. The Morgan fingerprint density at radius 2 is 1.77 bits per heavy atom. The summed E-state index contributed by atoms with van der Waals surface area (Å²) in [6.07, 6.45) is 1.16. The number of aliphatic hydroxyl groups is 1. The zero-order chi connectivity index (χ0) is 22.3. The maximum Gasteiger partial charge on any atom is 0.201 e. The Kier molecular flexibility index (Phi) is 5.63. The molecule has 3 aromatic rings. The molecule has 6 nitrogen and oxygen atoms in total. The summed E-state index contributed by atoms with van der Waals surface area (Å²) in [5.74, 6) is -0.611. The molecule has 0 saturated carbocycles. The van der Waals surface area contributed by atoms with E-state index in [1.807, 2.05) is 19.9 Å². The van der Waals surface area contributed by atoms with Crippen LogP contribution in [0.3, 0.4) is 0 Å². The minimum atomic E-state index is -0.982. The van der Waals surface area contributed by atoms with E-state index in [2.05, 4.69) is 6.58 Å². The number of phenols is 3. The van der Waals surface area contributed by atoms with E-state index in [1.54, 1.807) is 30.7 Å². The van der Waals surface area contributed by atoms with Gasteiger partial charge in [0.05, 0.1) is 27.9 Å². The number of aromatic hydroxyl groups is 3. The molecule has 0 fully saturated rings. The molecule has 0 spiro atoms. The first-order valence-corrected chi connectivity index (χ1v) is 9.73. The third-order valence-electron chi connectivity index (χ3n) is 5.45. The number of aliphatic hydroxyl groups excluding tert-OH is 1. The van der Waals surface area contributed by atoms with E-state index in [1.165, 1.54) is 6.07 Å². The van der Waals surface area contributed by atoms with Crippen molar-refractivity contribution < 1.29 is 20.4 Å². The molecule has 0 radical (unpaired) electrons. The Labute approximate surface area is 174 Å². The first kappa shape index (κ1) is 21.5. The van der Waals surface area contributed by atoms with Crippen molar-refractivity contribution >= 4 is 21.8 Å². The third-order valence-corrected chi connectivity index (χ3v) is 5.45. The summed E-state index contributed by atoms with van der Waals surface area (Å²) >= 11 is 0. The highest BCUT2D eigenvalue weighted by Gasteiger charge is 2.25. The number of allylic oxidation sites excluding steroid dienone is 2. The predicted molar refractivity (Wildman–Crippen MR) is 119 cm³/mol. The molecule has 0 amide bonds. The van der Waals surface area contributed by atoms with E-state index in [0.717, 1.165) is 5.57 Å². The monoisotopic (exact) mass is 409 g/mol. The van der Waals surface area contributed by atoms with E-state index in [9.17, 15) is 25.2 Å². The fourth-order valence-corrected chi connectivity index (χ4v) is 3.78. The van der Waals surface area contributed by atoms with Crippen LogP contribution in [0, 0.1) is 0 Å². The van der Waals surface area contributed by atoms with Crippen LogP contribution in [0.1, 0.15) is 31.9 Å². The highest BCUT2D eigenvalue weighted by molar-refractivity contribution is 6.01. The highest BCUT2D eigenvalue weighted by Crippen LogP contribution is 2.41. The van der Waals surface area contributed by atoms with E-state index >= 15 is 0 Å². The number of aryl methyl sites for hydroxylation is 1. The smallest absolute Gasteiger partial charge is 0.201 e. The average molecular weight is 409 g/mol. The van der Waals surface area contributed by atoms with Crippen molar-refractivity contribution in [2.45, 2.75) is 39.7 Å². The number of rotatable bonds is 5. The number of para-hydroxylation sites is 1. The lowest BCUT2D eigenvalue weighted by Crippen LogP contribution is -2.15. The molecule has 1 atom stereocenters. The molecule has 0 aliphatic carbocycles. The molecular formula is C24H27NO5. The topological polar surface area (TPSA) is 103 Å². The van der Waals surface area contributed by atoms with Crippen molar-refractivity contribution in [2.24, 2.45) is 7.05 Å². The van der Waals surface area contributed by atoms with Crippen molar-refractivity contribution in [3.05, 3.63) is 63.4 Å². The molecule has 0 aliphatic heterocycles. The van der Waals surface area contributed by atoms with Crippen LogP contribution in [0.25, 0.3) is 21.8 Å². The Bertz CT molecular complexity index is 1260. The third kappa shape index (κ3) is 3.44. The first-order valence-electron chi connectivity index (χ1n) is 9.73. The SMILES string of the molecule is C=C(C)[C@H](O)Cc1c(O)c(CC=C(C)C)c2c(c1O)c(=O)c1cccc(O)c1n2C. The second-order valence-corrected chi connectivity index (χ2v) is 7.99. The van der Waals surface area contributed by atoms with Crippen LogP contribution in [0.4, 0.5) is 0 Å². The fourth-order valence-electron chi connectivity index (χ4n) is 3.78. The predicted octanol–water partition coefficient (Wildman–Crippen LogP) is 3.80. The van der Waals surface area contributed by atoms with Crippen molar-refractivity contribution in [3.8, 4) is 17.2 Å². The van der Waals surface area contributed by atoms with Crippen LogP contribution < -0.4 is 5.43 Å². The van der Waals surface area contributed by atoms with E-state index < -0.39 is 11.5 Å². The largest absolute Gasteiger partial charge is 0.507 e. The number of pyridine rings is 1. The van der Waals surface area contributed by atoms with Crippen molar-refractivity contribution in [2.75, 3.05) is 0 Å². The summed E-state index contributed by atoms with van der Waals surface area (Å²) in [5, 5.41) is 43.0. The minimum absolute atomic E-state index is 0.0504. The normalized spacial score (nSPS) is 12.3. The second kappa shape index (κ2) is 7.88. The lowest BCUT2D eigenvalue weighted by Gasteiger charge is -2.21. The van der Waals surface area contributed by atoms with E-state index in [-0.39, 0.29) is 40.0 Å². The van der Waals surface area contributed by atoms with Gasteiger partial charge in [0.15, 0.2) is 0 Å². The average Bonchev–Trinajstić information content (AvgIpc) is 2.67. The number of aromatic nitrogens is 1. The zero-order valence-corrected chi connectivity index (χ0v) is 17.7. The molecule has 0 unspecified atom stereocenters. The number of phenolic OH excluding ortho intramolecular Hbond substituents is 3. The number of benzene rings is 2. The van der Waals surface area contributed by atoms with Gasteiger partial charge >= 0.3 is 0 Å². The number of fused-ring (bicyclic) bond motifs is 2. The maximum absolute atomic E-state index is 13.3. The lowest BCUT2D eigenvalue weighted by molar-refractivity contribution is 0.209. The summed E-state index contributed by atoms with van der Waals surface area (Å²) in [7, 11) is 1.68. The molecule has 0 aliphatic rings. The fraction of sp³-hybridized carbons (Fsp3) is 0.292. The zero-order valence-electron chi connectivity index (χ0n) is 17.7. The first-order chi connectivity index (χ1) is 14.1. The van der Waals surface area contributed by atoms with Gasteiger partial charge in [-0.15, -0.1) is 0 Å². The summed E-state index contributed by atoms with van der Waals surface area (Å²) < 4.78 is 1.62. The van der Waals surface area contributed by atoms with Crippen LogP contribution in [0.5, 0.6) is 17.2 Å². The van der Waals surface area contributed by atoms with Crippen LogP contribution in [0.15, 0.2) is 46.8 Å². The standard InChI is InChI=1S/C24H27NO5/c1-12(2)9-10-15-21-19(24(30)16(22(15)28)11-18(27)13(3)4)23(29)14-7-6-8-17(26)20(14)25(21)5/h6-9,18,26-28,30H,3,10-11H2,1-2,4-5H3/t18-/m1/s1. The maximum atomic E-state index is 13.3. The van der Waals surface area contributed by atoms with Gasteiger partial charge in [-0.3, -0.25) is 4.79 Å². The molecule has 30 heavy (non-hydrogen) atoms. The van der Waals surface area contributed by atoms with Gasteiger partial charge < -0.3 is 25.0 Å². The number of hydrogen-bond donors (Lipinski definition) is 4.